The lowest BCUT2D eigenvalue weighted by molar-refractivity contribution is 0.180. The molecule has 1 aromatic heterocycles. The number of allylic oxidation sites excluding steroid dienone is 2. The Morgan fingerprint density at radius 1 is 1.36 bits per heavy atom. The molecule has 1 aliphatic heterocycles. The summed E-state index contributed by atoms with van der Waals surface area (Å²) in [6.07, 6.45) is 7.49. The second kappa shape index (κ2) is 9.78. The fourth-order valence-corrected chi connectivity index (χ4v) is 3.03. The minimum atomic E-state index is -0.809. The van der Waals surface area contributed by atoms with Crippen molar-refractivity contribution in [3.8, 4) is 0 Å². The minimum Gasteiger partial charge on any atom is -0.459 e. The molecule has 0 aromatic carbocycles. The highest BCUT2D eigenvalue weighted by Gasteiger charge is 2.28. The highest BCUT2D eigenvalue weighted by Crippen LogP contribution is 2.28. The van der Waals surface area contributed by atoms with Crippen molar-refractivity contribution in [2.45, 2.75) is 51.6 Å². The molecule has 3 N–H and O–H groups in total. The van der Waals surface area contributed by atoms with Gasteiger partial charge >= 0.3 is 7.12 Å². The van der Waals surface area contributed by atoms with E-state index in [-0.39, 0.29) is 19.3 Å². The molecule has 0 fully saturated rings. The molecule has 1 aromatic rings. The average molecular weight is 346 g/mol. The van der Waals surface area contributed by atoms with Gasteiger partial charge in [0, 0.05) is 6.32 Å². The van der Waals surface area contributed by atoms with Crippen LogP contribution in [0.5, 0.6) is 0 Å². The Kier molecular flexibility index (Phi) is 7.71. The first-order valence-corrected chi connectivity index (χ1v) is 8.79. The van der Waals surface area contributed by atoms with Crippen molar-refractivity contribution in [2.75, 3.05) is 6.61 Å². The van der Waals surface area contributed by atoms with Gasteiger partial charge in [0.15, 0.2) is 0 Å². The molecule has 0 amide bonds. The van der Waals surface area contributed by atoms with Gasteiger partial charge in [-0.3, -0.25) is 0 Å². The van der Waals surface area contributed by atoms with Crippen LogP contribution in [0.2, 0.25) is 6.32 Å². The van der Waals surface area contributed by atoms with E-state index in [0.717, 1.165) is 30.6 Å². The first-order valence-electron chi connectivity index (χ1n) is 8.79. The molecular weight excluding hydrogens is 319 g/mol. The van der Waals surface area contributed by atoms with Crippen LogP contribution < -0.4 is 0 Å². The van der Waals surface area contributed by atoms with Crippen molar-refractivity contribution in [1.82, 2.24) is 0 Å². The molecule has 2 rings (SSSR count). The molecule has 0 saturated heterocycles. The number of hydrogen-bond acceptors (Lipinski definition) is 5. The molecule has 25 heavy (non-hydrogen) atoms. The molecule has 1 aliphatic rings. The van der Waals surface area contributed by atoms with Crippen LogP contribution in [0, 0.1) is 0 Å². The zero-order valence-corrected chi connectivity index (χ0v) is 14.8. The molecule has 0 radical (unpaired) electrons. The molecule has 0 aliphatic carbocycles. The maximum absolute atomic E-state index is 9.77. The van der Waals surface area contributed by atoms with Crippen molar-refractivity contribution in [3.05, 3.63) is 53.0 Å². The fourth-order valence-electron chi connectivity index (χ4n) is 3.03. The van der Waals surface area contributed by atoms with Crippen LogP contribution in [0.4, 0.5) is 0 Å². The van der Waals surface area contributed by atoms with Crippen LogP contribution in [-0.4, -0.2) is 35.1 Å². The van der Waals surface area contributed by atoms with Gasteiger partial charge in [0.2, 0.25) is 0 Å². The SMILES string of the molecule is C=C(CO)C1=CCB(O)OC1CC/C(=C/c1ccc(CO)o1)CCC. The van der Waals surface area contributed by atoms with Gasteiger partial charge in [0.25, 0.3) is 0 Å². The molecular formula is C19H27BO5. The Bertz CT molecular complexity index is 632. The van der Waals surface area contributed by atoms with Gasteiger partial charge in [-0.2, -0.15) is 0 Å². The predicted octanol–water partition coefficient (Wildman–Crippen LogP) is 3.09. The van der Waals surface area contributed by atoms with Gasteiger partial charge in [-0.25, -0.2) is 0 Å². The van der Waals surface area contributed by atoms with E-state index in [4.69, 9.17) is 14.2 Å². The monoisotopic (exact) mass is 346 g/mol. The summed E-state index contributed by atoms with van der Waals surface area (Å²) in [5.74, 6) is 1.28. The summed E-state index contributed by atoms with van der Waals surface area (Å²) in [5.41, 5.74) is 2.74. The summed E-state index contributed by atoms with van der Waals surface area (Å²) >= 11 is 0. The molecule has 0 bridgehead atoms. The van der Waals surface area contributed by atoms with Gasteiger partial charge < -0.3 is 24.3 Å². The average Bonchev–Trinajstić information content (AvgIpc) is 3.07. The Balaban J connectivity index is 2.07. The molecule has 136 valence electrons. The fraction of sp³-hybridized carbons (Fsp3) is 0.474. The zero-order chi connectivity index (χ0) is 18.2. The number of hydrogen-bond donors (Lipinski definition) is 3. The maximum atomic E-state index is 9.77. The van der Waals surface area contributed by atoms with Crippen LogP contribution in [-0.2, 0) is 11.3 Å². The minimum absolute atomic E-state index is 0.109. The van der Waals surface area contributed by atoms with Crippen LogP contribution in [0.1, 0.15) is 44.1 Å². The van der Waals surface area contributed by atoms with E-state index in [2.05, 4.69) is 13.5 Å². The summed E-state index contributed by atoms with van der Waals surface area (Å²) in [6.45, 7) is 5.78. The lowest BCUT2D eigenvalue weighted by Gasteiger charge is -2.28. The predicted molar refractivity (Wildman–Crippen MR) is 98.7 cm³/mol. The number of aliphatic hydroxyl groups is 2. The molecule has 0 saturated carbocycles. The highest BCUT2D eigenvalue weighted by molar-refractivity contribution is 6.43. The van der Waals surface area contributed by atoms with Crippen molar-refractivity contribution >= 4 is 13.2 Å². The van der Waals surface area contributed by atoms with Crippen LogP contribution >= 0.6 is 0 Å². The summed E-state index contributed by atoms with van der Waals surface area (Å²) in [5, 5.41) is 28.2. The second-order valence-electron chi connectivity index (χ2n) is 6.29. The first-order chi connectivity index (χ1) is 12.1. The number of furan rings is 1. The molecule has 6 heteroatoms. The van der Waals surface area contributed by atoms with Gasteiger partial charge in [-0.05, 0) is 48.6 Å². The van der Waals surface area contributed by atoms with Gasteiger partial charge in [-0.15, -0.1) is 0 Å². The number of aliphatic hydroxyl groups excluding tert-OH is 2. The first kappa shape index (κ1) is 19.7. The molecule has 1 unspecified atom stereocenters. The quantitative estimate of drug-likeness (QED) is 0.599. The third-order valence-electron chi connectivity index (χ3n) is 4.29. The van der Waals surface area contributed by atoms with Gasteiger partial charge in [0.05, 0.1) is 12.7 Å². The van der Waals surface area contributed by atoms with E-state index >= 15 is 0 Å². The van der Waals surface area contributed by atoms with E-state index in [0.29, 0.717) is 24.1 Å². The van der Waals surface area contributed by atoms with E-state index in [1.54, 1.807) is 6.07 Å². The summed E-state index contributed by atoms with van der Waals surface area (Å²) in [7, 11) is -0.809. The van der Waals surface area contributed by atoms with Crippen molar-refractivity contribution in [2.24, 2.45) is 0 Å². The van der Waals surface area contributed by atoms with Crippen LogP contribution in [0.3, 0.4) is 0 Å². The Hall–Kier alpha value is -1.60. The Morgan fingerprint density at radius 3 is 2.80 bits per heavy atom. The third kappa shape index (κ3) is 5.71. The Morgan fingerprint density at radius 2 is 2.16 bits per heavy atom. The van der Waals surface area contributed by atoms with Crippen LogP contribution in [0.25, 0.3) is 6.08 Å². The molecule has 2 heterocycles. The number of rotatable bonds is 9. The van der Waals surface area contributed by atoms with Gasteiger partial charge in [-0.1, -0.05) is 31.6 Å². The summed E-state index contributed by atoms with van der Waals surface area (Å²) < 4.78 is 11.2. The third-order valence-corrected chi connectivity index (χ3v) is 4.29. The van der Waals surface area contributed by atoms with Crippen molar-refractivity contribution < 1.29 is 24.3 Å². The summed E-state index contributed by atoms with van der Waals surface area (Å²) in [6, 6.07) is 3.61. The smallest absolute Gasteiger partial charge is 0.458 e. The van der Waals surface area contributed by atoms with E-state index in [9.17, 15) is 10.1 Å². The normalized spacial score (nSPS) is 18.4. The van der Waals surface area contributed by atoms with E-state index in [1.165, 1.54) is 5.57 Å². The topological polar surface area (TPSA) is 83.1 Å². The molecule has 0 spiro atoms. The lowest BCUT2D eigenvalue weighted by atomic mass is 9.78. The molecule has 1 atom stereocenters. The second-order valence-corrected chi connectivity index (χ2v) is 6.29. The zero-order valence-electron chi connectivity index (χ0n) is 14.8. The standard InChI is InChI=1S/C19H27BO5/c1-3-4-15(11-16-6-7-17(13-22)24-16)5-8-19-18(14(2)12-21)9-10-20(23)25-19/h6-7,9,11,19,21-23H,2-5,8,10,12-13H2,1H3/b15-11+. The molecule has 5 nitrogen and oxygen atoms in total. The van der Waals surface area contributed by atoms with Gasteiger partial charge in [0.1, 0.15) is 18.1 Å². The van der Waals surface area contributed by atoms with Crippen molar-refractivity contribution in [3.63, 3.8) is 0 Å². The summed E-state index contributed by atoms with van der Waals surface area (Å²) in [4.78, 5) is 0. The Labute approximate surface area is 149 Å². The largest absolute Gasteiger partial charge is 0.459 e. The van der Waals surface area contributed by atoms with Crippen molar-refractivity contribution in [1.29, 1.82) is 0 Å². The lowest BCUT2D eigenvalue weighted by Crippen LogP contribution is -2.32. The van der Waals surface area contributed by atoms with E-state index < -0.39 is 7.12 Å². The highest BCUT2D eigenvalue weighted by atomic mass is 16.5. The maximum Gasteiger partial charge on any atom is 0.458 e. The van der Waals surface area contributed by atoms with Crippen LogP contribution in [0.15, 0.2) is 45.9 Å². The van der Waals surface area contributed by atoms with E-state index in [1.807, 2.05) is 18.2 Å².